The molecule has 0 bridgehead atoms. The fourth-order valence-corrected chi connectivity index (χ4v) is 3.61. The second-order valence-electron chi connectivity index (χ2n) is 6.56. The predicted molar refractivity (Wildman–Crippen MR) is 70.6 cm³/mol. The van der Waals surface area contributed by atoms with Gasteiger partial charge in [-0.25, -0.2) is 0 Å². The molecule has 0 saturated heterocycles. The number of rotatable bonds is 3. The average molecular weight is 248 g/mol. The third-order valence-corrected chi connectivity index (χ3v) is 4.64. The van der Waals surface area contributed by atoms with Crippen molar-refractivity contribution in [2.45, 2.75) is 52.4 Å². The summed E-state index contributed by atoms with van der Waals surface area (Å²) in [6.07, 6.45) is 6.51. The predicted octanol–water partition coefficient (Wildman–Crippen LogP) is 2.87. The number of nitrogens with zero attached hydrogens (tertiary/aromatic N) is 1. The molecule has 0 aliphatic heterocycles. The number of amides is 1. The molecule has 0 aromatic rings. The standard InChI is InChI=1S/C15H24N2O/c1-11-4-3-5-13(6-11)9-17-14(18)15(10-16)7-12(2)8-15/h11-13H,3-9H2,1-2H3,(H,17,18). The number of hydrogen-bond donors (Lipinski definition) is 1. The van der Waals surface area contributed by atoms with Gasteiger partial charge in [0.2, 0.25) is 5.91 Å². The van der Waals surface area contributed by atoms with Crippen LogP contribution in [0.5, 0.6) is 0 Å². The van der Waals surface area contributed by atoms with Gasteiger partial charge in [-0.05, 0) is 43.4 Å². The first-order valence-electron chi connectivity index (χ1n) is 7.25. The molecule has 1 N–H and O–H groups in total. The smallest absolute Gasteiger partial charge is 0.240 e. The SMILES string of the molecule is CC1CCCC(CNC(=O)C2(C#N)CC(C)C2)C1. The summed E-state index contributed by atoms with van der Waals surface area (Å²) in [5.74, 6) is 1.90. The number of carbonyl (C=O) groups is 1. The molecule has 2 atom stereocenters. The second kappa shape index (κ2) is 5.30. The molecule has 18 heavy (non-hydrogen) atoms. The van der Waals surface area contributed by atoms with Crippen LogP contribution >= 0.6 is 0 Å². The van der Waals surface area contributed by atoms with E-state index in [1.54, 1.807) is 0 Å². The van der Waals surface area contributed by atoms with E-state index in [4.69, 9.17) is 0 Å². The van der Waals surface area contributed by atoms with Crippen LogP contribution in [0.1, 0.15) is 52.4 Å². The monoisotopic (exact) mass is 248 g/mol. The summed E-state index contributed by atoms with van der Waals surface area (Å²) in [7, 11) is 0. The van der Waals surface area contributed by atoms with E-state index in [2.05, 4.69) is 25.2 Å². The maximum atomic E-state index is 12.1. The molecule has 2 fully saturated rings. The first kappa shape index (κ1) is 13.4. The minimum absolute atomic E-state index is 0.0265. The summed E-state index contributed by atoms with van der Waals surface area (Å²) in [6.45, 7) is 5.16. The van der Waals surface area contributed by atoms with Crippen molar-refractivity contribution in [2.24, 2.45) is 23.2 Å². The lowest BCUT2D eigenvalue weighted by atomic mass is 9.63. The Kier molecular flexibility index (Phi) is 3.94. The van der Waals surface area contributed by atoms with Crippen molar-refractivity contribution in [2.75, 3.05) is 6.54 Å². The molecule has 3 nitrogen and oxygen atoms in total. The first-order valence-corrected chi connectivity index (χ1v) is 7.25. The van der Waals surface area contributed by atoms with Crippen LogP contribution in [-0.2, 0) is 4.79 Å². The van der Waals surface area contributed by atoms with Crippen LogP contribution in [0.2, 0.25) is 0 Å². The van der Waals surface area contributed by atoms with Crippen molar-refractivity contribution in [1.82, 2.24) is 5.32 Å². The largest absolute Gasteiger partial charge is 0.354 e. The molecular formula is C15H24N2O. The van der Waals surface area contributed by atoms with Crippen molar-refractivity contribution < 1.29 is 4.79 Å². The van der Waals surface area contributed by atoms with Gasteiger partial charge in [0.15, 0.2) is 0 Å². The number of nitrogens with one attached hydrogen (secondary N) is 1. The van der Waals surface area contributed by atoms with E-state index in [-0.39, 0.29) is 5.91 Å². The Bertz CT molecular complexity index is 352. The van der Waals surface area contributed by atoms with Gasteiger partial charge in [-0.1, -0.05) is 26.7 Å². The summed E-state index contributed by atoms with van der Waals surface area (Å²) in [5.41, 5.74) is -0.709. The van der Waals surface area contributed by atoms with Crippen LogP contribution in [0, 0.1) is 34.5 Å². The molecule has 0 aromatic heterocycles. The zero-order chi connectivity index (χ0) is 13.2. The zero-order valence-corrected chi connectivity index (χ0v) is 11.5. The van der Waals surface area contributed by atoms with Gasteiger partial charge in [0, 0.05) is 6.54 Å². The Morgan fingerprint density at radius 3 is 2.61 bits per heavy atom. The second-order valence-corrected chi connectivity index (χ2v) is 6.56. The molecule has 0 spiro atoms. The number of hydrogen-bond acceptors (Lipinski definition) is 2. The quantitative estimate of drug-likeness (QED) is 0.835. The molecule has 0 aromatic carbocycles. The first-order chi connectivity index (χ1) is 8.55. The molecule has 3 heteroatoms. The van der Waals surface area contributed by atoms with Gasteiger partial charge in [-0.2, -0.15) is 5.26 Å². The van der Waals surface area contributed by atoms with E-state index >= 15 is 0 Å². The van der Waals surface area contributed by atoms with Crippen molar-refractivity contribution in [3.05, 3.63) is 0 Å². The van der Waals surface area contributed by atoms with Crippen molar-refractivity contribution >= 4 is 5.91 Å². The zero-order valence-electron chi connectivity index (χ0n) is 11.5. The fraction of sp³-hybridized carbons (Fsp3) is 0.867. The lowest BCUT2D eigenvalue weighted by Gasteiger charge is -2.39. The van der Waals surface area contributed by atoms with Gasteiger partial charge < -0.3 is 5.32 Å². The maximum absolute atomic E-state index is 12.1. The highest BCUT2D eigenvalue weighted by Crippen LogP contribution is 2.45. The summed E-state index contributed by atoms with van der Waals surface area (Å²) < 4.78 is 0. The number of carbonyl (C=O) groups excluding carboxylic acids is 1. The molecule has 2 rings (SSSR count). The van der Waals surface area contributed by atoms with E-state index in [1.165, 1.54) is 25.7 Å². The summed E-state index contributed by atoms with van der Waals surface area (Å²) in [6, 6.07) is 2.23. The van der Waals surface area contributed by atoms with Crippen molar-refractivity contribution in [3.63, 3.8) is 0 Å². The van der Waals surface area contributed by atoms with Crippen LogP contribution in [0.15, 0.2) is 0 Å². The van der Waals surface area contributed by atoms with Crippen LogP contribution < -0.4 is 5.32 Å². The lowest BCUT2D eigenvalue weighted by Crippen LogP contribution is -2.49. The molecular weight excluding hydrogens is 224 g/mol. The third kappa shape index (κ3) is 2.68. The van der Waals surface area contributed by atoms with Gasteiger partial charge >= 0.3 is 0 Å². The molecule has 0 radical (unpaired) electrons. The Balaban J connectivity index is 1.80. The van der Waals surface area contributed by atoms with E-state index in [0.717, 1.165) is 25.3 Å². The lowest BCUT2D eigenvalue weighted by molar-refractivity contribution is -0.134. The van der Waals surface area contributed by atoms with Crippen LogP contribution in [-0.4, -0.2) is 12.5 Å². The molecule has 2 aliphatic rings. The molecule has 2 unspecified atom stereocenters. The highest BCUT2D eigenvalue weighted by atomic mass is 16.2. The van der Waals surface area contributed by atoms with Crippen LogP contribution in [0.25, 0.3) is 0 Å². The van der Waals surface area contributed by atoms with E-state index in [9.17, 15) is 10.1 Å². The molecule has 1 amide bonds. The normalized spacial score (nSPS) is 39.5. The van der Waals surface area contributed by atoms with Crippen LogP contribution in [0.4, 0.5) is 0 Å². The number of nitriles is 1. The highest BCUT2D eigenvalue weighted by Gasteiger charge is 2.48. The topological polar surface area (TPSA) is 52.9 Å². The van der Waals surface area contributed by atoms with E-state index in [1.807, 2.05) is 0 Å². The van der Waals surface area contributed by atoms with Crippen molar-refractivity contribution in [3.8, 4) is 6.07 Å². The summed E-state index contributed by atoms with van der Waals surface area (Å²) >= 11 is 0. The Hall–Kier alpha value is -1.04. The van der Waals surface area contributed by atoms with Gasteiger partial charge in [0.25, 0.3) is 0 Å². The van der Waals surface area contributed by atoms with Gasteiger partial charge in [-0.15, -0.1) is 0 Å². The summed E-state index contributed by atoms with van der Waals surface area (Å²) in [5, 5.41) is 12.2. The van der Waals surface area contributed by atoms with Crippen LogP contribution in [0.3, 0.4) is 0 Å². The van der Waals surface area contributed by atoms with E-state index in [0.29, 0.717) is 11.8 Å². The highest BCUT2D eigenvalue weighted by molar-refractivity contribution is 5.86. The Labute approximate surface area is 110 Å². The molecule has 0 heterocycles. The van der Waals surface area contributed by atoms with Gasteiger partial charge in [0.05, 0.1) is 6.07 Å². The Morgan fingerprint density at radius 1 is 1.33 bits per heavy atom. The Morgan fingerprint density at radius 2 is 2.06 bits per heavy atom. The van der Waals surface area contributed by atoms with E-state index < -0.39 is 5.41 Å². The van der Waals surface area contributed by atoms with Gasteiger partial charge in [0.1, 0.15) is 5.41 Å². The minimum Gasteiger partial charge on any atom is -0.354 e. The maximum Gasteiger partial charge on any atom is 0.240 e. The molecule has 2 saturated carbocycles. The summed E-state index contributed by atoms with van der Waals surface area (Å²) in [4.78, 5) is 12.1. The molecule has 2 aliphatic carbocycles. The minimum atomic E-state index is -0.709. The third-order valence-electron chi connectivity index (χ3n) is 4.64. The average Bonchev–Trinajstić information content (AvgIpc) is 2.32. The molecule has 100 valence electrons. The fourth-order valence-electron chi connectivity index (χ4n) is 3.61. The van der Waals surface area contributed by atoms with Crippen molar-refractivity contribution in [1.29, 1.82) is 5.26 Å². The van der Waals surface area contributed by atoms with Gasteiger partial charge in [-0.3, -0.25) is 4.79 Å².